The van der Waals surface area contributed by atoms with Gasteiger partial charge in [-0.3, -0.25) is 4.79 Å². The molecule has 0 aliphatic heterocycles. The fraction of sp³-hybridized carbons (Fsp3) is 0.143. The molecule has 0 saturated heterocycles. The van der Waals surface area contributed by atoms with Crippen molar-refractivity contribution in [1.82, 2.24) is 19.8 Å². The van der Waals surface area contributed by atoms with Gasteiger partial charge in [-0.05, 0) is 36.4 Å². The molecular weight excluding hydrogens is 421 g/mol. The van der Waals surface area contributed by atoms with Gasteiger partial charge in [-0.25, -0.2) is 4.39 Å². The molecule has 4 aromatic rings. The zero-order chi connectivity index (χ0) is 21.8. The molecule has 0 aliphatic carbocycles. The number of nitrogens with zero attached hydrogens (tertiary/aromatic N) is 4. The van der Waals surface area contributed by atoms with Crippen molar-refractivity contribution in [3.8, 4) is 22.9 Å². The van der Waals surface area contributed by atoms with Gasteiger partial charge in [-0.15, -0.1) is 10.2 Å². The highest BCUT2D eigenvalue weighted by molar-refractivity contribution is 7.99. The van der Waals surface area contributed by atoms with Crippen molar-refractivity contribution in [2.75, 3.05) is 25.3 Å². The predicted molar refractivity (Wildman–Crippen MR) is 115 cm³/mol. The molecule has 0 saturated carbocycles. The Morgan fingerprint density at radius 1 is 1.03 bits per heavy atom. The van der Waals surface area contributed by atoms with E-state index in [2.05, 4.69) is 20.6 Å². The lowest BCUT2D eigenvalue weighted by Gasteiger charge is -2.09. The van der Waals surface area contributed by atoms with Gasteiger partial charge in [0.1, 0.15) is 22.3 Å². The molecule has 31 heavy (non-hydrogen) atoms. The second-order valence-corrected chi connectivity index (χ2v) is 7.41. The highest BCUT2D eigenvalue weighted by atomic mass is 32.2. The predicted octanol–water partition coefficient (Wildman–Crippen LogP) is 3.68. The first-order valence-electron chi connectivity index (χ1n) is 9.20. The van der Waals surface area contributed by atoms with Crippen LogP contribution in [-0.2, 0) is 4.79 Å². The van der Waals surface area contributed by atoms with E-state index >= 15 is 0 Å². The number of anilines is 1. The van der Waals surface area contributed by atoms with Gasteiger partial charge in [0.05, 0.1) is 20.0 Å². The van der Waals surface area contributed by atoms with Crippen LogP contribution in [0.15, 0.2) is 59.6 Å². The first kappa shape index (κ1) is 20.6. The molecule has 4 rings (SSSR count). The van der Waals surface area contributed by atoms with Crippen molar-refractivity contribution < 1.29 is 18.7 Å². The number of rotatable bonds is 7. The molecule has 1 N–H and O–H groups in total. The standard InChI is InChI=1S/C21H18FN5O3S/c1-29-16-9-15(10-17(11-16)30-2)23-19(28)12-31-20-8-7-18-24-25-21(27(18)26-20)13-3-5-14(22)6-4-13/h3-11H,12H2,1-2H3,(H,23,28). The molecule has 10 heteroatoms. The Morgan fingerprint density at radius 2 is 1.74 bits per heavy atom. The van der Waals surface area contributed by atoms with Crippen molar-refractivity contribution in [3.05, 3.63) is 60.4 Å². The van der Waals surface area contributed by atoms with Crippen LogP contribution in [0.5, 0.6) is 11.5 Å². The lowest BCUT2D eigenvalue weighted by Crippen LogP contribution is -2.14. The van der Waals surface area contributed by atoms with E-state index < -0.39 is 0 Å². The number of nitrogens with one attached hydrogen (secondary N) is 1. The van der Waals surface area contributed by atoms with Gasteiger partial charge in [-0.1, -0.05) is 11.8 Å². The maximum atomic E-state index is 13.2. The fourth-order valence-electron chi connectivity index (χ4n) is 2.84. The molecule has 0 spiro atoms. The Morgan fingerprint density at radius 3 is 2.42 bits per heavy atom. The molecular formula is C21H18FN5O3S. The van der Waals surface area contributed by atoms with E-state index in [-0.39, 0.29) is 17.5 Å². The van der Waals surface area contributed by atoms with Gasteiger partial charge in [0.15, 0.2) is 11.5 Å². The van der Waals surface area contributed by atoms with Crippen LogP contribution in [-0.4, -0.2) is 45.7 Å². The number of benzene rings is 2. The fourth-order valence-corrected chi connectivity index (χ4v) is 3.50. The van der Waals surface area contributed by atoms with Crippen LogP contribution in [0, 0.1) is 5.82 Å². The second kappa shape index (κ2) is 9.00. The molecule has 0 bridgehead atoms. The van der Waals surface area contributed by atoms with Crippen LogP contribution < -0.4 is 14.8 Å². The second-order valence-electron chi connectivity index (χ2n) is 6.41. The largest absolute Gasteiger partial charge is 0.497 e. The number of hydrogen-bond acceptors (Lipinski definition) is 7. The van der Waals surface area contributed by atoms with Crippen molar-refractivity contribution in [1.29, 1.82) is 0 Å². The summed E-state index contributed by atoms with van der Waals surface area (Å²) in [4.78, 5) is 12.4. The Balaban J connectivity index is 1.47. The van der Waals surface area contributed by atoms with Crippen molar-refractivity contribution in [3.63, 3.8) is 0 Å². The van der Waals surface area contributed by atoms with Crippen LogP contribution in [0.3, 0.4) is 0 Å². The summed E-state index contributed by atoms with van der Waals surface area (Å²) in [5.74, 6) is 1.26. The van der Waals surface area contributed by atoms with Gasteiger partial charge in [0, 0.05) is 29.4 Å². The van der Waals surface area contributed by atoms with Crippen LogP contribution in [0.2, 0.25) is 0 Å². The third-order valence-corrected chi connectivity index (χ3v) is 5.25. The SMILES string of the molecule is COc1cc(NC(=O)CSc2ccc3nnc(-c4ccc(F)cc4)n3n2)cc(OC)c1. The number of halogens is 1. The van der Waals surface area contributed by atoms with E-state index in [4.69, 9.17) is 9.47 Å². The third-order valence-electron chi connectivity index (χ3n) is 4.33. The Kier molecular flexibility index (Phi) is 5.99. The van der Waals surface area contributed by atoms with Crippen molar-refractivity contribution in [2.24, 2.45) is 0 Å². The number of methoxy groups -OCH3 is 2. The number of fused-ring (bicyclic) bond motifs is 1. The topological polar surface area (TPSA) is 90.6 Å². The summed E-state index contributed by atoms with van der Waals surface area (Å²) >= 11 is 1.27. The van der Waals surface area contributed by atoms with Crippen LogP contribution in [0.25, 0.3) is 17.0 Å². The Bertz CT molecular complexity index is 1210. The molecule has 8 nitrogen and oxygen atoms in total. The quantitative estimate of drug-likeness (QED) is 0.439. The number of thioether (sulfide) groups is 1. The summed E-state index contributed by atoms with van der Waals surface area (Å²) in [6, 6.07) is 14.6. The van der Waals surface area contributed by atoms with E-state index in [9.17, 15) is 9.18 Å². The minimum Gasteiger partial charge on any atom is -0.497 e. The molecule has 2 heterocycles. The zero-order valence-corrected chi connectivity index (χ0v) is 17.5. The molecule has 2 aromatic carbocycles. The van der Waals surface area contributed by atoms with Gasteiger partial charge < -0.3 is 14.8 Å². The average Bonchev–Trinajstić information content (AvgIpc) is 3.21. The molecule has 0 atom stereocenters. The molecule has 158 valence electrons. The first-order valence-corrected chi connectivity index (χ1v) is 10.2. The maximum absolute atomic E-state index is 13.2. The lowest BCUT2D eigenvalue weighted by atomic mass is 10.2. The summed E-state index contributed by atoms with van der Waals surface area (Å²) in [5, 5.41) is 16.2. The van der Waals surface area contributed by atoms with Gasteiger partial charge in [-0.2, -0.15) is 9.61 Å². The summed E-state index contributed by atoms with van der Waals surface area (Å²) < 4.78 is 25.2. The van der Waals surface area contributed by atoms with Crippen LogP contribution >= 0.6 is 11.8 Å². The maximum Gasteiger partial charge on any atom is 0.234 e. The molecule has 0 unspecified atom stereocenters. The average molecular weight is 439 g/mol. The number of carbonyl (C=O) groups excluding carboxylic acids is 1. The van der Waals surface area contributed by atoms with Crippen LogP contribution in [0.1, 0.15) is 0 Å². The third kappa shape index (κ3) is 4.75. The van der Waals surface area contributed by atoms with Gasteiger partial charge in [0.2, 0.25) is 5.91 Å². The molecule has 0 radical (unpaired) electrons. The number of amides is 1. The number of carbonyl (C=O) groups is 1. The summed E-state index contributed by atoms with van der Waals surface area (Å²) in [6.07, 6.45) is 0. The number of hydrogen-bond donors (Lipinski definition) is 1. The molecule has 0 fully saturated rings. The smallest absolute Gasteiger partial charge is 0.234 e. The van der Waals surface area contributed by atoms with Crippen molar-refractivity contribution in [2.45, 2.75) is 5.03 Å². The highest BCUT2D eigenvalue weighted by Gasteiger charge is 2.12. The van der Waals surface area contributed by atoms with E-state index in [1.807, 2.05) is 0 Å². The van der Waals surface area contributed by atoms with Crippen LogP contribution in [0.4, 0.5) is 10.1 Å². The summed E-state index contributed by atoms with van der Waals surface area (Å²) in [5.41, 5.74) is 1.81. The Hall–Kier alpha value is -3.66. The number of aromatic nitrogens is 4. The van der Waals surface area contributed by atoms with E-state index in [1.54, 1.807) is 61.2 Å². The van der Waals surface area contributed by atoms with Crippen molar-refractivity contribution >= 4 is 29.0 Å². The van der Waals surface area contributed by atoms with Gasteiger partial charge in [0.25, 0.3) is 0 Å². The minimum atomic E-state index is -0.332. The zero-order valence-electron chi connectivity index (χ0n) is 16.7. The highest BCUT2D eigenvalue weighted by Crippen LogP contribution is 2.26. The first-order chi connectivity index (χ1) is 15.1. The minimum absolute atomic E-state index is 0.145. The molecule has 0 aliphatic rings. The molecule has 2 aromatic heterocycles. The van der Waals surface area contributed by atoms with E-state index in [1.165, 1.54) is 23.9 Å². The molecule has 1 amide bonds. The normalized spacial score (nSPS) is 10.8. The van der Waals surface area contributed by atoms with E-state index in [0.717, 1.165) is 0 Å². The monoisotopic (exact) mass is 439 g/mol. The van der Waals surface area contributed by atoms with E-state index in [0.29, 0.717) is 39.2 Å². The summed E-state index contributed by atoms with van der Waals surface area (Å²) in [6.45, 7) is 0. The number of ether oxygens (including phenoxy) is 2. The Labute approximate surface area is 181 Å². The summed E-state index contributed by atoms with van der Waals surface area (Å²) in [7, 11) is 3.09. The van der Waals surface area contributed by atoms with Gasteiger partial charge >= 0.3 is 0 Å². The lowest BCUT2D eigenvalue weighted by molar-refractivity contribution is -0.113.